The van der Waals surface area contributed by atoms with Crippen LogP contribution in [0.3, 0.4) is 0 Å². The van der Waals surface area contributed by atoms with E-state index in [0.717, 1.165) is 6.42 Å². The average Bonchev–Trinajstić information content (AvgIpc) is 2.42. The normalized spacial score (nSPS) is 9.25. The molecule has 0 unspecified atom stereocenters. The molecule has 0 radical (unpaired) electrons. The Morgan fingerprint density at radius 2 is 1.44 bits per heavy atom. The van der Waals surface area contributed by atoms with Crippen molar-refractivity contribution in [1.82, 2.24) is 0 Å². The molecule has 2 aromatic rings. The number of rotatable bonds is 2. The van der Waals surface area contributed by atoms with E-state index in [9.17, 15) is 0 Å². The molecule has 0 aromatic heterocycles. The van der Waals surface area contributed by atoms with Gasteiger partial charge in [-0.05, 0) is 17.5 Å². The van der Waals surface area contributed by atoms with Crippen LogP contribution < -0.4 is 0 Å². The molecule has 0 spiro atoms. The molecule has 2 rings (SSSR count). The van der Waals surface area contributed by atoms with Gasteiger partial charge in [-0.25, -0.2) is 0 Å². The molecule has 0 fully saturated rings. The van der Waals surface area contributed by atoms with E-state index in [0.29, 0.717) is 0 Å². The number of benzene rings is 2. The predicted octanol–water partition coefficient (Wildman–Crippen LogP) is 4.60. The van der Waals surface area contributed by atoms with Gasteiger partial charge in [-0.1, -0.05) is 31.2 Å². The molecule has 78 valence electrons. The van der Waals surface area contributed by atoms with Crippen LogP contribution in [0.2, 0.25) is 0 Å². The van der Waals surface area contributed by atoms with Crippen LogP contribution in [0.15, 0.2) is 48.5 Å². The molecule has 0 aliphatic rings. The van der Waals surface area contributed by atoms with Crippen LogP contribution in [0.1, 0.15) is 12.5 Å². The van der Waals surface area contributed by atoms with E-state index in [2.05, 4.69) is 69.1 Å². The maximum absolute atomic E-state index is 3.03. The average molecular weight is 374 g/mol. The minimum absolute atomic E-state index is 1.10. The Morgan fingerprint density at radius 1 is 0.938 bits per heavy atom. The fourth-order valence-corrected chi connectivity index (χ4v) is 1.51. The zero-order valence-electron chi connectivity index (χ0n) is 9.41. The van der Waals surface area contributed by atoms with Crippen molar-refractivity contribution >= 4 is 19.8 Å². The Bertz CT molecular complexity index is 395. The van der Waals surface area contributed by atoms with Crippen molar-refractivity contribution in [2.75, 3.05) is 0 Å². The Balaban J connectivity index is 0.000000606. The summed E-state index contributed by atoms with van der Waals surface area (Å²) in [5, 5.41) is 0. The van der Waals surface area contributed by atoms with Gasteiger partial charge in [-0.2, -0.15) is 30.3 Å². The van der Waals surface area contributed by atoms with E-state index >= 15 is 0 Å². The molecule has 2 aromatic carbocycles. The first-order chi connectivity index (χ1) is 7.90. The fraction of sp³-hybridized carbons (Fsp3) is 0.143. The quantitative estimate of drug-likeness (QED) is 0.410. The number of hydrogen-bond acceptors (Lipinski definition) is 0. The molecule has 0 aliphatic heterocycles. The van der Waals surface area contributed by atoms with Crippen molar-refractivity contribution in [3.63, 3.8) is 0 Å². The summed E-state index contributed by atoms with van der Waals surface area (Å²) >= 11 is 3.62. The van der Waals surface area contributed by atoms with Gasteiger partial charge in [0.25, 0.3) is 0 Å². The molecule has 0 nitrogen and oxygen atoms in total. The Hall–Kier alpha value is -0.207. The molecule has 0 amide bonds. The summed E-state index contributed by atoms with van der Waals surface area (Å²) in [6.07, 6.45) is 1.10. The first-order valence-corrected chi connectivity index (χ1v) is 14.3. The standard InChI is InChI=1S/C14H13.HI.Zn/c1-2-12-8-10-14(11-9-12)13-6-4-3-5-7-13;;/h4-11H,2H2,1H3;1H;/q-1;;+2/p-1. The molecular formula is C14H13IZn. The molecule has 16 heavy (non-hydrogen) atoms. The van der Waals surface area contributed by atoms with Gasteiger partial charge in [0.1, 0.15) is 0 Å². The summed E-state index contributed by atoms with van der Waals surface area (Å²) in [6.45, 7) is 2.17. The fourth-order valence-electron chi connectivity index (χ4n) is 1.51. The molecule has 0 atom stereocenters. The zero-order chi connectivity index (χ0) is 11.8. The van der Waals surface area contributed by atoms with Gasteiger partial charge < -0.3 is 0 Å². The molecule has 0 saturated heterocycles. The van der Waals surface area contributed by atoms with Crippen LogP contribution in [0.5, 0.6) is 0 Å². The van der Waals surface area contributed by atoms with Crippen LogP contribution in [0, 0.1) is 6.07 Å². The Kier molecular flexibility index (Phi) is 6.90. The first-order valence-electron chi connectivity index (χ1n) is 5.22. The third-order valence-corrected chi connectivity index (χ3v) is 2.41. The SMILES string of the molecule is CCc1ccc(-c2cc[c-]cc2)cc1.[Zn+][I]. The summed E-state index contributed by atoms with van der Waals surface area (Å²) in [4.78, 5) is 0. The van der Waals surface area contributed by atoms with Crippen molar-refractivity contribution in [2.24, 2.45) is 0 Å². The topological polar surface area (TPSA) is 0 Å². The van der Waals surface area contributed by atoms with E-state index in [1.165, 1.54) is 31.5 Å². The second-order valence-corrected chi connectivity index (χ2v) is 3.34. The van der Waals surface area contributed by atoms with Crippen molar-refractivity contribution in [2.45, 2.75) is 13.3 Å². The van der Waals surface area contributed by atoms with E-state index in [-0.39, 0.29) is 0 Å². The first kappa shape index (κ1) is 13.9. The molecule has 0 aliphatic carbocycles. The molecule has 2 heteroatoms. The van der Waals surface area contributed by atoms with Gasteiger partial charge in [-0.15, -0.1) is 5.56 Å². The van der Waals surface area contributed by atoms with Gasteiger partial charge in [-0.3, -0.25) is 0 Å². The van der Waals surface area contributed by atoms with E-state index in [1.54, 1.807) is 0 Å². The molecule has 0 bridgehead atoms. The molecule has 0 heterocycles. The third kappa shape index (κ3) is 3.99. The van der Waals surface area contributed by atoms with Gasteiger partial charge in [0, 0.05) is 0 Å². The van der Waals surface area contributed by atoms with E-state index in [4.69, 9.17) is 0 Å². The van der Waals surface area contributed by atoms with Crippen LogP contribution in [0.25, 0.3) is 11.1 Å². The zero-order valence-corrected chi connectivity index (χ0v) is 14.5. The summed E-state index contributed by atoms with van der Waals surface area (Å²) in [6, 6.07) is 19.8. The molecular weight excluding hydrogens is 360 g/mol. The number of halogens is 1. The molecule has 0 saturated carbocycles. The van der Waals surface area contributed by atoms with E-state index in [1.807, 2.05) is 12.1 Å². The van der Waals surface area contributed by atoms with Gasteiger partial charge in [0.15, 0.2) is 0 Å². The summed E-state index contributed by atoms with van der Waals surface area (Å²) < 4.78 is 0. The van der Waals surface area contributed by atoms with Crippen LogP contribution in [0.4, 0.5) is 0 Å². The summed E-state index contributed by atoms with van der Waals surface area (Å²) in [5.74, 6) is 0. The van der Waals surface area contributed by atoms with Gasteiger partial charge in [0.2, 0.25) is 0 Å². The number of hydrogen-bond donors (Lipinski definition) is 0. The summed E-state index contributed by atoms with van der Waals surface area (Å²) in [5.41, 5.74) is 3.92. The van der Waals surface area contributed by atoms with Crippen LogP contribution in [-0.2, 0) is 21.2 Å². The summed E-state index contributed by atoms with van der Waals surface area (Å²) in [7, 11) is 0. The maximum atomic E-state index is 3.03. The Morgan fingerprint density at radius 3 is 1.94 bits per heavy atom. The van der Waals surface area contributed by atoms with Gasteiger partial charge >= 0.3 is 34.5 Å². The van der Waals surface area contributed by atoms with Crippen molar-refractivity contribution in [3.05, 3.63) is 60.2 Å². The third-order valence-electron chi connectivity index (χ3n) is 2.41. The van der Waals surface area contributed by atoms with Crippen molar-refractivity contribution in [3.8, 4) is 11.1 Å². The second kappa shape index (κ2) is 7.97. The second-order valence-electron chi connectivity index (χ2n) is 3.34. The monoisotopic (exact) mass is 372 g/mol. The number of aryl methyl sites for hydroxylation is 1. The van der Waals surface area contributed by atoms with Crippen LogP contribution >= 0.6 is 19.8 Å². The van der Waals surface area contributed by atoms with E-state index < -0.39 is 0 Å². The van der Waals surface area contributed by atoms with Crippen molar-refractivity contribution in [1.29, 1.82) is 0 Å². The van der Waals surface area contributed by atoms with Crippen LogP contribution in [-0.4, -0.2) is 0 Å². The van der Waals surface area contributed by atoms with Crippen molar-refractivity contribution < 1.29 is 14.8 Å². The predicted molar refractivity (Wildman–Crippen MR) is 74.1 cm³/mol. The van der Waals surface area contributed by atoms with Gasteiger partial charge in [0.05, 0.1) is 0 Å². The Labute approximate surface area is 118 Å². The minimum atomic E-state index is 1.10. The molecule has 0 N–H and O–H groups in total.